The highest BCUT2D eigenvalue weighted by Gasteiger charge is 2.31. The van der Waals surface area contributed by atoms with Gasteiger partial charge in [0.25, 0.3) is 5.91 Å². The smallest absolute Gasteiger partial charge is 0.307 e. The number of benzene rings is 1. The summed E-state index contributed by atoms with van der Waals surface area (Å²) in [5.41, 5.74) is 0.112. The Kier molecular flexibility index (Phi) is 7.14. The number of carbonyl (C=O) groups is 2. The summed E-state index contributed by atoms with van der Waals surface area (Å²) in [4.78, 5) is 24.3. The molecule has 27 heavy (non-hydrogen) atoms. The Balaban J connectivity index is 2.09. The lowest BCUT2D eigenvalue weighted by Gasteiger charge is -2.30. The van der Waals surface area contributed by atoms with E-state index in [2.05, 4.69) is 5.32 Å². The Morgan fingerprint density at radius 3 is 2.56 bits per heavy atom. The van der Waals surface area contributed by atoms with Gasteiger partial charge in [-0.3, -0.25) is 14.6 Å². The monoisotopic (exact) mass is 413 g/mol. The zero-order valence-electron chi connectivity index (χ0n) is 15.3. The summed E-state index contributed by atoms with van der Waals surface area (Å²) in [7, 11) is -3.54. The number of esters is 1. The molecule has 1 saturated heterocycles. The van der Waals surface area contributed by atoms with Crippen LogP contribution in [0.15, 0.2) is 29.2 Å². The van der Waals surface area contributed by atoms with E-state index in [0.29, 0.717) is 31.2 Å². The van der Waals surface area contributed by atoms with Crippen LogP contribution >= 0.6 is 12.2 Å². The Labute approximate surface area is 164 Å². The molecule has 1 fully saturated rings. The number of carbonyl (C=O) groups excluding carboxylic acids is 2. The van der Waals surface area contributed by atoms with Gasteiger partial charge in [-0.15, -0.1) is 0 Å². The molecule has 1 aliphatic rings. The fraction of sp³-hybridized carbons (Fsp3) is 0.471. The predicted molar refractivity (Wildman–Crippen MR) is 104 cm³/mol. The molecule has 1 heterocycles. The molecule has 1 aromatic rings. The third-order valence-corrected chi connectivity index (χ3v) is 5.44. The van der Waals surface area contributed by atoms with Gasteiger partial charge in [0.05, 0.1) is 23.5 Å². The van der Waals surface area contributed by atoms with Crippen LogP contribution in [0, 0.1) is 0 Å². The highest BCUT2D eigenvalue weighted by Crippen LogP contribution is 2.21. The molecule has 148 valence electrons. The topological polar surface area (TPSA) is 96.0 Å². The lowest BCUT2D eigenvalue weighted by molar-refractivity contribution is -0.142. The Bertz CT molecular complexity index is 826. The van der Waals surface area contributed by atoms with Crippen molar-refractivity contribution >= 4 is 39.0 Å². The highest BCUT2D eigenvalue weighted by molar-refractivity contribution is 7.90. The van der Waals surface area contributed by atoms with Gasteiger partial charge in [-0.1, -0.05) is 12.1 Å². The predicted octanol–water partition coefficient (Wildman–Crippen LogP) is 0.981. The van der Waals surface area contributed by atoms with E-state index in [0.717, 1.165) is 6.26 Å². The zero-order chi connectivity index (χ0) is 20.0. The molecule has 2 rings (SSSR count). The molecule has 1 amide bonds. The molecule has 0 aliphatic carbocycles. The maximum atomic E-state index is 13.0. The third-order valence-electron chi connectivity index (χ3n) is 3.93. The Hall–Kier alpha value is -2.20. The SMILES string of the molecule is CCOC(=O)CCNC(=S)N1CCCN1C(=O)c1ccccc1S(C)(=O)=O. The molecule has 1 aromatic carbocycles. The summed E-state index contributed by atoms with van der Waals surface area (Å²) in [6, 6.07) is 6.11. The first-order chi connectivity index (χ1) is 12.8. The van der Waals surface area contributed by atoms with Crippen LogP contribution in [0.1, 0.15) is 30.1 Å². The molecule has 1 aliphatic heterocycles. The summed E-state index contributed by atoms with van der Waals surface area (Å²) >= 11 is 5.33. The molecule has 0 unspecified atom stereocenters. The summed E-state index contributed by atoms with van der Waals surface area (Å²) in [5, 5.41) is 6.28. The molecule has 0 radical (unpaired) electrons. The summed E-state index contributed by atoms with van der Waals surface area (Å²) in [6.07, 6.45) is 1.93. The number of hydrogen-bond acceptors (Lipinski definition) is 6. The number of sulfone groups is 1. The lowest BCUT2D eigenvalue weighted by atomic mass is 10.2. The van der Waals surface area contributed by atoms with Crippen molar-refractivity contribution in [2.45, 2.75) is 24.7 Å². The normalized spacial score (nSPS) is 14.1. The first-order valence-corrected chi connectivity index (χ1v) is 10.9. The number of nitrogens with zero attached hydrogens (tertiary/aromatic N) is 2. The van der Waals surface area contributed by atoms with Gasteiger partial charge in [0.15, 0.2) is 14.9 Å². The maximum absolute atomic E-state index is 13.0. The third kappa shape index (κ3) is 5.39. The quantitative estimate of drug-likeness (QED) is 0.545. The minimum absolute atomic E-state index is 0.0111. The van der Waals surface area contributed by atoms with E-state index in [-0.39, 0.29) is 29.4 Å². The van der Waals surface area contributed by atoms with E-state index in [4.69, 9.17) is 17.0 Å². The summed E-state index contributed by atoms with van der Waals surface area (Å²) in [6.45, 7) is 3.29. The fourth-order valence-electron chi connectivity index (χ4n) is 2.74. The van der Waals surface area contributed by atoms with E-state index < -0.39 is 15.7 Å². The zero-order valence-corrected chi connectivity index (χ0v) is 16.9. The van der Waals surface area contributed by atoms with Gasteiger partial charge in [-0.2, -0.15) is 0 Å². The van der Waals surface area contributed by atoms with Gasteiger partial charge in [0.2, 0.25) is 0 Å². The number of rotatable bonds is 6. The van der Waals surface area contributed by atoms with Crippen molar-refractivity contribution < 1.29 is 22.7 Å². The number of ether oxygens (including phenoxy) is 1. The van der Waals surface area contributed by atoms with Gasteiger partial charge >= 0.3 is 5.97 Å². The van der Waals surface area contributed by atoms with Crippen LogP contribution in [0.3, 0.4) is 0 Å². The van der Waals surface area contributed by atoms with Crippen LogP contribution in [0.5, 0.6) is 0 Å². The Morgan fingerprint density at radius 1 is 1.22 bits per heavy atom. The number of hydrogen-bond donors (Lipinski definition) is 1. The van der Waals surface area contributed by atoms with Crippen molar-refractivity contribution in [2.24, 2.45) is 0 Å². The second kappa shape index (κ2) is 9.14. The molecule has 10 heteroatoms. The minimum Gasteiger partial charge on any atom is -0.466 e. The van der Waals surface area contributed by atoms with Crippen LogP contribution in [0.2, 0.25) is 0 Å². The molecular weight excluding hydrogens is 390 g/mol. The van der Waals surface area contributed by atoms with Gasteiger partial charge in [-0.25, -0.2) is 13.4 Å². The van der Waals surface area contributed by atoms with Gasteiger partial charge in [0, 0.05) is 25.9 Å². The van der Waals surface area contributed by atoms with E-state index in [1.54, 1.807) is 24.1 Å². The number of nitrogens with one attached hydrogen (secondary N) is 1. The molecule has 0 bridgehead atoms. The Morgan fingerprint density at radius 2 is 1.89 bits per heavy atom. The van der Waals surface area contributed by atoms with Crippen molar-refractivity contribution in [1.82, 2.24) is 15.3 Å². The summed E-state index contributed by atoms with van der Waals surface area (Å²) < 4.78 is 28.8. The second-order valence-corrected chi connectivity index (χ2v) is 8.33. The molecule has 0 saturated carbocycles. The van der Waals surface area contributed by atoms with E-state index >= 15 is 0 Å². The highest BCUT2D eigenvalue weighted by atomic mass is 32.2. The van der Waals surface area contributed by atoms with Crippen LogP contribution in [-0.2, 0) is 19.4 Å². The molecular formula is C17H23N3O5S2. The van der Waals surface area contributed by atoms with Crippen molar-refractivity contribution in [3.8, 4) is 0 Å². The van der Waals surface area contributed by atoms with Crippen LogP contribution < -0.4 is 5.32 Å². The van der Waals surface area contributed by atoms with Crippen LogP contribution in [-0.4, -0.2) is 67.9 Å². The minimum atomic E-state index is -3.54. The van der Waals surface area contributed by atoms with Gasteiger partial charge in [-0.05, 0) is 37.7 Å². The number of hydrazine groups is 1. The molecule has 1 N–H and O–H groups in total. The van der Waals surface area contributed by atoms with Gasteiger partial charge < -0.3 is 10.1 Å². The largest absolute Gasteiger partial charge is 0.466 e. The van der Waals surface area contributed by atoms with Crippen LogP contribution in [0.25, 0.3) is 0 Å². The standard InChI is InChI=1S/C17H23N3O5S2/c1-3-25-15(21)9-10-18-17(26)20-12-6-11-19(20)16(22)13-7-4-5-8-14(13)27(2,23)24/h4-5,7-8H,3,6,9-12H2,1-2H3,(H,18,26). The van der Waals surface area contributed by atoms with E-state index in [1.165, 1.54) is 17.1 Å². The van der Waals surface area contributed by atoms with Crippen molar-refractivity contribution in [2.75, 3.05) is 32.5 Å². The maximum Gasteiger partial charge on any atom is 0.307 e. The fourth-order valence-corrected chi connectivity index (χ4v) is 3.91. The van der Waals surface area contributed by atoms with Crippen molar-refractivity contribution in [3.05, 3.63) is 29.8 Å². The van der Waals surface area contributed by atoms with Crippen molar-refractivity contribution in [1.29, 1.82) is 0 Å². The van der Waals surface area contributed by atoms with E-state index in [9.17, 15) is 18.0 Å². The summed E-state index contributed by atoms with van der Waals surface area (Å²) in [5.74, 6) is -0.757. The average molecular weight is 414 g/mol. The van der Waals surface area contributed by atoms with E-state index in [1.807, 2.05) is 0 Å². The van der Waals surface area contributed by atoms with Crippen LogP contribution in [0.4, 0.5) is 0 Å². The molecule has 0 aromatic heterocycles. The second-order valence-electron chi connectivity index (χ2n) is 5.96. The molecule has 8 nitrogen and oxygen atoms in total. The first kappa shape index (κ1) is 21.1. The van der Waals surface area contributed by atoms with Gasteiger partial charge in [0.1, 0.15) is 0 Å². The first-order valence-electron chi connectivity index (χ1n) is 8.57. The van der Waals surface area contributed by atoms with Crippen molar-refractivity contribution in [3.63, 3.8) is 0 Å². The average Bonchev–Trinajstić information content (AvgIpc) is 3.10. The lowest BCUT2D eigenvalue weighted by Crippen LogP contribution is -2.49. The molecule has 0 spiro atoms. The number of thiocarbonyl (C=S) groups is 1. The molecule has 0 atom stereocenters. The number of amides is 1.